The fraction of sp³-hybridized carbons (Fsp3) is 0.154. The van der Waals surface area contributed by atoms with E-state index in [1.165, 1.54) is 25.3 Å². The Bertz CT molecular complexity index is 704. The Balaban J connectivity index is 2.34. The largest absolute Gasteiger partial charge is 0.503 e. The number of nitrogens with zero attached hydrogens (tertiary/aromatic N) is 1. The lowest BCUT2D eigenvalue weighted by atomic mass is 10.2. The third kappa shape index (κ3) is 3.18. The number of amides is 3. The van der Waals surface area contributed by atoms with Gasteiger partial charge in [-0.3, -0.25) is 19.3 Å². The number of rotatable bonds is 4. The maximum absolute atomic E-state index is 12.1. The Morgan fingerprint density at radius 1 is 1.50 bits per heavy atom. The van der Waals surface area contributed by atoms with Crippen molar-refractivity contribution >= 4 is 46.5 Å². The molecule has 22 heavy (non-hydrogen) atoms. The Morgan fingerprint density at radius 2 is 2.18 bits per heavy atom. The van der Waals surface area contributed by atoms with Crippen molar-refractivity contribution in [1.29, 1.82) is 0 Å². The molecule has 0 unspecified atom stereocenters. The van der Waals surface area contributed by atoms with E-state index in [1.54, 1.807) is 0 Å². The van der Waals surface area contributed by atoms with Crippen molar-refractivity contribution in [3.8, 4) is 11.5 Å². The predicted octanol–water partition coefficient (Wildman–Crippen LogP) is 1.58. The molecule has 0 spiro atoms. The van der Waals surface area contributed by atoms with Gasteiger partial charge < -0.3 is 15.6 Å². The number of phenolic OH excluding ortho intramolecular Hbond substituents is 1. The van der Waals surface area contributed by atoms with Crippen LogP contribution in [0.1, 0.15) is 5.56 Å². The Morgan fingerprint density at radius 3 is 2.77 bits per heavy atom. The standard InChI is InChI=1S/C13H11ClN2O5S/c1-21-8-3-6(2-7(14)11(8)18)4-9-12(19)16(5-10(15)17)13(20)22-9/h2-4,18H,5H2,1H3,(H2,15,17)/b9-4-. The molecular weight excluding hydrogens is 332 g/mol. The predicted molar refractivity (Wildman–Crippen MR) is 81.5 cm³/mol. The van der Waals surface area contributed by atoms with Crippen LogP contribution in [0.4, 0.5) is 4.79 Å². The first kappa shape index (κ1) is 16.2. The van der Waals surface area contributed by atoms with Gasteiger partial charge in [-0.25, -0.2) is 0 Å². The highest BCUT2D eigenvalue weighted by Crippen LogP contribution is 2.37. The molecule has 0 atom stereocenters. The van der Waals surface area contributed by atoms with Crippen LogP contribution in [0.25, 0.3) is 6.08 Å². The second-order valence-electron chi connectivity index (χ2n) is 4.29. The number of carbonyl (C=O) groups excluding carboxylic acids is 3. The van der Waals surface area contributed by atoms with Gasteiger partial charge in [0.2, 0.25) is 5.91 Å². The highest BCUT2D eigenvalue weighted by atomic mass is 35.5. The summed E-state index contributed by atoms with van der Waals surface area (Å²) in [5.41, 5.74) is 5.46. The zero-order valence-electron chi connectivity index (χ0n) is 11.3. The molecule has 1 aliphatic heterocycles. The minimum atomic E-state index is -0.780. The number of thioether (sulfide) groups is 1. The lowest BCUT2D eigenvalue weighted by Crippen LogP contribution is -2.36. The van der Waals surface area contributed by atoms with E-state index in [0.29, 0.717) is 17.3 Å². The van der Waals surface area contributed by atoms with E-state index in [2.05, 4.69) is 0 Å². The van der Waals surface area contributed by atoms with Crippen molar-refractivity contribution in [2.45, 2.75) is 0 Å². The number of phenols is 1. The molecule has 0 saturated carbocycles. The monoisotopic (exact) mass is 342 g/mol. The quantitative estimate of drug-likeness (QED) is 0.804. The molecule has 1 heterocycles. The average Bonchev–Trinajstić information content (AvgIpc) is 2.70. The number of primary amides is 1. The van der Waals surface area contributed by atoms with Gasteiger partial charge in [0, 0.05) is 0 Å². The van der Waals surface area contributed by atoms with Crippen molar-refractivity contribution in [3.05, 3.63) is 27.6 Å². The first-order chi connectivity index (χ1) is 10.3. The van der Waals surface area contributed by atoms with E-state index >= 15 is 0 Å². The second kappa shape index (κ2) is 6.29. The van der Waals surface area contributed by atoms with Gasteiger partial charge in [-0.15, -0.1) is 0 Å². The normalized spacial score (nSPS) is 16.5. The maximum Gasteiger partial charge on any atom is 0.294 e. The number of hydrogen-bond donors (Lipinski definition) is 2. The number of ether oxygens (including phenoxy) is 1. The van der Waals surface area contributed by atoms with E-state index in [9.17, 15) is 19.5 Å². The molecule has 2 rings (SSSR count). The Labute approximate surface area is 134 Å². The van der Waals surface area contributed by atoms with Gasteiger partial charge >= 0.3 is 0 Å². The minimum Gasteiger partial charge on any atom is -0.503 e. The molecule has 3 N–H and O–H groups in total. The summed E-state index contributed by atoms with van der Waals surface area (Å²) < 4.78 is 4.96. The molecule has 1 aliphatic rings. The van der Waals surface area contributed by atoms with Crippen molar-refractivity contribution in [1.82, 2.24) is 4.90 Å². The second-order valence-corrected chi connectivity index (χ2v) is 5.69. The molecule has 0 radical (unpaired) electrons. The highest BCUT2D eigenvalue weighted by Gasteiger charge is 2.35. The molecule has 1 aromatic carbocycles. The molecule has 0 aromatic heterocycles. The van der Waals surface area contributed by atoms with E-state index in [4.69, 9.17) is 22.1 Å². The molecule has 1 aromatic rings. The summed E-state index contributed by atoms with van der Waals surface area (Å²) in [6.07, 6.45) is 1.42. The smallest absolute Gasteiger partial charge is 0.294 e. The number of aromatic hydroxyl groups is 1. The SMILES string of the molecule is COc1cc(/C=C2\SC(=O)N(CC(N)=O)C2=O)cc(Cl)c1O. The molecule has 3 amide bonds. The third-order valence-corrected chi connectivity index (χ3v) is 3.95. The lowest BCUT2D eigenvalue weighted by molar-refractivity contribution is -0.127. The van der Waals surface area contributed by atoms with Crippen LogP contribution in [-0.4, -0.2) is 40.7 Å². The van der Waals surface area contributed by atoms with Crippen molar-refractivity contribution in [3.63, 3.8) is 0 Å². The number of halogens is 1. The lowest BCUT2D eigenvalue weighted by Gasteiger charge is -2.09. The van der Waals surface area contributed by atoms with Crippen molar-refractivity contribution in [2.24, 2.45) is 5.73 Å². The van der Waals surface area contributed by atoms with Gasteiger partial charge in [0.1, 0.15) is 6.54 Å². The fourth-order valence-electron chi connectivity index (χ4n) is 1.78. The van der Waals surface area contributed by atoms with Gasteiger partial charge in [-0.2, -0.15) is 0 Å². The van der Waals surface area contributed by atoms with Crippen LogP contribution in [0.5, 0.6) is 11.5 Å². The molecule has 116 valence electrons. The van der Waals surface area contributed by atoms with Crippen LogP contribution in [-0.2, 0) is 9.59 Å². The summed E-state index contributed by atoms with van der Waals surface area (Å²) in [5.74, 6) is -1.48. The number of benzene rings is 1. The average molecular weight is 343 g/mol. The van der Waals surface area contributed by atoms with Crippen LogP contribution < -0.4 is 10.5 Å². The summed E-state index contributed by atoms with van der Waals surface area (Å²) in [5, 5.41) is 9.12. The topological polar surface area (TPSA) is 110 Å². The van der Waals surface area contributed by atoms with Crippen molar-refractivity contribution < 1.29 is 24.2 Å². The van der Waals surface area contributed by atoms with Crippen LogP contribution >= 0.6 is 23.4 Å². The van der Waals surface area contributed by atoms with E-state index in [0.717, 1.165) is 4.90 Å². The molecule has 7 nitrogen and oxygen atoms in total. The number of hydrogen-bond acceptors (Lipinski definition) is 6. The zero-order chi connectivity index (χ0) is 16.4. The third-order valence-electron chi connectivity index (χ3n) is 2.76. The summed E-state index contributed by atoms with van der Waals surface area (Å²) >= 11 is 6.54. The summed E-state index contributed by atoms with van der Waals surface area (Å²) in [7, 11) is 1.36. The Kier molecular flexibility index (Phi) is 4.62. The van der Waals surface area contributed by atoms with Gasteiger partial charge in [0.05, 0.1) is 17.0 Å². The maximum atomic E-state index is 12.1. The van der Waals surface area contributed by atoms with E-state index < -0.39 is 23.6 Å². The minimum absolute atomic E-state index is 0.0435. The number of methoxy groups -OCH3 is 1. The Hall–Kier alpha value is -2.19. The molecular formula is C13H11ClN2O5S. The van der Waals surface area contributed by atoms with Gasteiger partial charge in [-0.1, -0.05) is 11.6 Å². The molecule has 1 fully saturated rings. The fourth-order valence-corrected chi connectivity index (χ4v) is 2.83. The van der Waals surface area contributed by atoms with Crippen molar-refractivity contribution in [2.75, 3.05) is 13.7 Å². The van der Waals surface area contributed by atoms with Crippen LogP contribution in [0.2, 0.25) is 5.02 Å². The molecule has 0 aliphatic carbocycles. The van der Waals surface area contributed by atoms with Gasteiger partial charge in [0.15, 0.2) is 11.5 Å². The number of carbonyl (C=O) groups is 3. The summed E-state index contributed by atoms with van der Waals surface area (Å²) in [6.45, 7) is -0.471. The zero-order valence-corrected chi connectivity index (χ0v) is 12.9. The van der Waals surface area contributed by atoms with Gasteiger partial charge in [0.25, 0.3) is 11.1 Å². The van der Waals surface area contributed by atoms with Crippen LogP contribution in [0.15, 0.2) is 17.0 Å². The van der Waals surface area contributed by atoms with Gasteiger partial charge in [-0.05, 0) is 35.5 Å². The van der Waals surface area contributed by atoms with E-state index in [-0.39, 0.29) is 21.4 Å². The van der Waals surface area contributed by atoms with E-state index in [1.807, 2.05) is 0 Å². The molecule has 1 saturated heterocycles. The molecule has 0 bridgehead atoms. The van der Waals surface area contributed by atoms with Crippen LogP contribution in [0.3, 0.4) is 0 Å². The number of nitrogens with two attached hydrogens (primary N) is 1. The summed E-state index contributed by atoms with van der Waals surface area (Å²) in [6, 6.07) is 2.88. The van der Waals surface area contributed by atoms with Crippen LogP contribution in [0, 0.1) is 0 Å². The first-order valence-electron chi connectivity index (χ1n) is 5.93. The number of imide groups is 1. The highest BCUT2D eigenvalue weighted by molar-refractivity contribution is 8.18. The first-order valence-corrected chi connectivity index (χ1v) is 7.13. The molecule has 9 heteroatoms. The summed E-state index contributed by atoms with van der Waals surface area (Å²) in [4.78, 5) is 35.5.